The van der Waals surface area contributed by atoms with Crippen LogP contribution in [0.25, 0.3) is 0 Å². The summed E-state index contributed by atoms with van der Waals surface area (Å²) in [6, 6.07) is 0. The Morgan fingerprint density at radius 2 is 2.08 bits per heavy atom. The number of hydrogen-bond donors (Lipinski definition) is 2. The minimum absolute atomic E-state index is 0.0754. The van der Waals surface area contributed by atoms with Crippen LogP contribution >= 0.6 is 0 Å². The van der Waals surface area contributed by atoms with Gasteiger partial charge < -0.3 is 16.0 Å². The second-order valence-corrected chi connectivity index (χ2v) is 2.62. The van der Waals surface area contributed by atoms with Crippen LogP contribution in [0.5, 0.6) is 0 Å². The van der Waals surface area contributed by atoms with Crippen LogP contribution in [0.3, 0.4) is 0 Å². The van der Waals surface area contributed by atoms with Crippen molar-refractivity contribution in [3.8, 4) is 0 Å². The lowest BCUT2D eigenvalue weighted by atomic mass is 10.3. The number of rotatable bonds is 5. The van der Waals surface area contributed by atoms with E-state index in [2.05, 4.69) is 5.32 Å². The first-order valence-electron chi connectivity index (χ1n) is 4.34. The van der Waals surface area contributed by atoms with Crippen molar-refractivity contribution in [3.05, 3.63) is 0 Å². The molecular weight excluding hydrogens is 170 g/mol. The quantitative estimate of drug-likeness (QED) is 0.575. The Hall–Kier alpha value is -1.10. The average molecular weight is 187 g/mol. The number of carbonyl (C=O) groups is 2. The average Bonchev–Trinajstić information content (AvgIpc) is 2.14. The fraction of sp³-hybridized carbons (Fsp3) is 0.750. The molecule has 76 valence electrons. The summed E-state index contributed by atoms with van der Waals surface area (Å²) in [5.41, 5.74) is 5.24. The summed E-state index contributed by atoms with van der Waals surface area (Å²) in [6.07, 6.45) is 0.296. The van der Waals surface area contributed by atoms with E-state index in [9.17, 15) is 9.59 Å². The number of hydrogen-bond acceptors (Lipinski definition) is 3. The summed E-state index contributed by atoms with van der Waals surface area (Å²) < 4.78 is 0. The van der Waals surface area contributed by atoms with Crippen molar-refractivity contribution in [2.45, 2.75) is 13.3 Å². The van der Waals surface area contributed by atoms with Crippen molar-refractivity contribution >= 4 is 11.8 Å². The Morgan fingerprint density at radius 3 is 2.46 bits per heavy atom. The predicted octanol–water partition coefficient (Wildman–Crippen LogP) is -1.07. The molecule has 0 aromatic heterocycles. The summed E-state index contributed by atoms with van der Waals surface area (Å²) >= 11 is 0. The van der Waals surface area contributed by atoms with Crippen LogP contribution in [0.2, 0.25) is 0 Å². The largest absolute Gasteiger partial charge is 0.358 e. The van der Waals surface area contributed by atoms with Gasteiger partial charge in [-0.1, -0.05) is 0 Å². The Bertz CT molecular complexity index is 182. The molecule has 0 aromatic carbocycles. The van der Waals surface area contributed by atoms with E-state index in [0.717, 1.165) is 0 Å². The lowest BCUT2D eigenvalue weighted by Crippen LogP contribution is -2.40. The number of nitrogens with one attached hydrogen (secondary N) is 1. The summed E-state index contributed by atoms with van der Waals surface area (Å²) in [4.78, 5) is 23.7. The topological polar surface area (TPSA) is 75.4 Å². The Labute approximate surface area is 78.3 Å². The van der Waals surface area contributed by atoms with Crippen LogP contribution in [-0.4, -0.2) is 43.4 Å². The molecule has 0 rings (SSSR count). The van der Waals surface area contributed by atoms with Gasteiger partial charge in [0.05, 0.1) is 6.54 Å². The fourth-order valence-corrected chi connectivity index (χ4v) is 0.910. The van der Waals surface area contributed by atoms with Crippen LogP contribution in [-0.2, 0) is 9.59 Å². The summed E-state index contributed by atoms with van der Waals surface area (Å²) in [5.74, 6) is -0.235. The zero-order valence-corrected chi connectivity index (χ0v) is 8.17. The fourth-order valence-electron chi connectivity index (χ4n) is 0.910. The molecule has 0 saturated carbocycles. The van der Waals surface area contributed by atoms with E-state index < -0.39 is 0 Å². The van der Waals surface area contributed by atoms with Crippen LogP contribution in [0, 0.1) is 0 Å². The molecule has 0 heterocycles. The first-order chi connectivity index (χ1) is 6.15. The zero-order valence-electron chi connectivity index (χ0n) is 8.17. The Morgan fingerprint density at radius 1 is 1.46 bits per heavy atom. The Balaban J connectivity index is 4.01. The molecule has 0 spiro atoms. The van der Waals surface area contributed by atoms with Gasteiger partial charge >= 0.3 is 0 Å². The van der Waals surface area contributed by atoms with Crippen molar-refractivity contribution in [1.29, 1.82) is 0 Å². The molecule has 0 aliphatic rings. The molecule has 3 N–H and O–H groups in total. The summed E-state index contributed by atoms with van der Waals surface area (Å²) in [7, 11) is 1.55. The molecule has 0 unspecified atom stereocenters. The van der Waals surface area contributed by atoms with Gasteiger partial charge in [-0.25, -0.2) is 0 Å². The van der Waals surface area contributed by atoms with Crippen LogP contribution < -0.4 is 11.1 Å². The molecule has 0 aliphatic heterocycles. The van der Waals surface area contributed by atoms with E-state index in [1.807, 2.05) is 6.92 Å². The van der Waals surface area contributed by atoms with Gasteiger partial charge in [0.1, 0.15) is 0 Å². The molecule has 5 heteroatoms. The zero-order chi connectivity index (χ0) is 10.3. The maximum atomic E-state index is 11.3. The number of nitrogens with two attached hydrogens (primary N) is 1. The van der Waals surface area contributed by atoms with Crippen molar-refractivity contribution in [3.63, 3.8) is 0 Å². The highest BCUT2D eigenvalue weighted by Crippen LogP contribution is 1.92. The van der Waals surface area contributed by atoms with Gasteiger partial charge in [0.25, 0.3) is 0 Å². The van der Waals surface area contributed by atoms with Gasteiger partial charge in [-0.2, -0.15) is 0 Å². The van der Waals surface area contributed by atoms with E-state index >= 15 is 0 Å². The normalized spacial score (nSPS) is 9.46. The van der Waals surface area contributed by atoms with Crippen LogP contribution in [0.4, 0.5) is 0 Å². The molecule has 0 saturated heterocycles. The Kier molecular flexibility index (Phi) is 5.88. The highest BCUT2D eigenvalue weighted by Gasteiger charge is 2.13. The number of nitrogens with zero attached hydrogens (tertiary/aromatic N) is 1. The van der Waals surface area contributed by atoms with Gasteiger partial charge in [0.15, 0.2) is 0 Å². The highest BCUT2D eigenvalue weighted by atomic mass is 16.2. The van der Waals surface area contributed by atoms with Gasteiger partial charge in [-0.3, -0.25) is 9.59 Å². The third-order valence-electron chi connectivity index (χ3n) is 1.71. The number of likely N-dealkylation sites (N-methyl/N-ethyl adjacent to an activating group) is 2. The van der Waals surface area contributed by atoms with E-state index in [1.165, 1.54) is 4.90 Å². The van der Waals surface area contributed by atoms with Gasteiger partial charge in [-0.05, 0) is 6.92 Å². The molecule has 5 nitrogen and oxygen atoms in total. The standard InChI is InChI=1S/C8H17N3O2/c1-3-11(6-7(12)10-2)8(13)4-5-9/h3-6,9H2,1-2H3,(H,10,12). The van der Waals surface area contributed by atoms with E-state index in [-0.39, 0.29) is 18.4 Å². The second-order valence-electron chi connectivity index (χ2n) is 2.62. The van der Waals surface area contributed by atoms with Gasteiger partial charge in [0, 0.05) is 26.6 Å². The summed E-state index contributed by atoms with van der Waals surface area (Å²) in [5, 5.41) is 2.46. The van der Waals surface area contributed by atoms with Crippen molar-refractivity contribution in [2.75, 3.05) is 26.7 Å². The van der Waals surface area contributed by atoms with Crippen LogP contribution in [0.1, 0.15) is 13.3 Å². The first kappa shape index (κ1) is 11.9. The maximum absolute atomic E-state index is 11.3. The highest BCUT2D eigenvalue weighted by molar-refractivity contribution is 5.84. The minimum atomic E-state index is -0.160. The van der Waals surface area contributed by atoms with Crippen molar-refractivity contribution < 1.29 is 9.59 Å². The third-order valence-corrected chi connectivity index (χ3v) is 1.71. The van der Waals surface area contributed by atoms with Crippen molar-refractivity contribution in [1.82, 2.24) is 10.2 Å². The third kappa shape index (κ3) is 4.47. The monoisotopic (exact) mass is 187 g/mol. The molecule has 0 aliphatic carbocycles. The lowest BCUT2D eigenvalue weighted by Gasteiger charge is -2.19. The predicted molar refractivity (Wildman–Crippen MR) is 50.0 cm³/mol. The smallest absolute Gasteiger partial charge is 0.239 e. The summed E-state index contributed by atoms with van der Waals surface area (Å²) in [6.45, 7) is 2.80. The van der Waals surface area contributed by atoms with E-state index in [0.29, 0.717) is 19.5 Å². The van der Waals surface area contributed by atoms with Gasteiger partial charge in [-0.15, -0.1) is 0 Å². The molecule has 0 radical (unpaired) electrons. The minimum Gasteiger partial charge on any atom is -0.358 e. The maximum Gasteiger partial charge on any atom is 0.239 e. The SMILES string of the molecule is CCN(CC(=O)NC)C(=O)CCN. The molecule has 2 amide bonds. The lowest BCUT2D eigenvalue weighted by molar-refractivity contribution is -0.135. The molecule has 0 atom stereocenters. The van der Waals surface area contributed by atoms with Crippen LogP contribution in [0.15, 0.2) is 0 Å². The molecule has 0 bridgehead atoms. The van der Waals surface area contributed by atoms with E-state index in [1.54, 1.807) is 7.05 Å². The number of amides is 2. The first-order valence-corrected chi connectivity index (χ1v) is 4.34. The second kappa shape index (κ2) is 6.42. The number of carbonyl (C=O) groups excluding carboxylic acids is 2. The molecule has 0 aromatic rings. The molecular formula is C8H17N3O2. The molecule has 13 heavy (non-hydrogen) atoms. The molecule has 0 fully saturated rings. The van der Waals surface area contributed by atoms with Gasteiger partial charge in [0.2, 0.25) is 11.8 Å². The van der Waals surface area contributed by atoms with E-state index in [4.69, 9.17) is 5.73 Å². The van der Waals surface area contributed by atoms with Crippen molar-refractivity contribution in [2.24, 2.45) is 5.73 Å².